The van der Waals surface area contributed by atoms with Crippen molar-refractivity contribution in [2.75, 3.05) is 26.4 Å². The van der Waals surface area contributed by atoms with Gasteiger partial charge in [0.1, 0.15) is 12.6 Å². The van der Waals surface area contributed by atoms with Gasteiger partial charge >= 0.3 is 5.97 Å². The molecule has 0 saturated carbocycles. The molecule has 0 aromatic heterocycles. The lowest BCUT2D eigenvalue weighted by Crippen LogP contribution is -2.43. The summed E-state index contributed by atoms with van der Waals surface area (Å²) in [5, 5.41) is 0. The van der Waals surface area contributed by atoms with Crippen molar-refractivity contribution in [3.8, 4) is 0 Å². The largest absolute Gasteiger partial charge is 0.464 e. The maximum Gasteiger partial charge on any atom is 0.328 e. The minimum absolute atomic E-state index is 0.0480. The average molecular weight is 229 g/mol. The van der Waals surface area contributed by atoms with Crippen LogP contribution in [0.3, 0.4) is 0 Å². The summed E-state index contributed by atoms with van der Waals surface area (Å²) in [6, 6.07) is -0.409. The molecule has 0 aromatic carbocycles. The predicted molar refractivity (Wildman–Crippen MR) is 57.9 cm³/mol. The van der Waals surface area contributed by atoms with Crippen molar-refractivity contribution in [3.05, 3.63) is 0 Å². The molecule has 1 fully saturated rings. The Morgan fingerprint density at radius 1 is 1.31 bits per heavy atom. The second-order valence-corrected chi connectivity index (χ2v) is 3.63. The summed E-state index contributed by atoms with van der Waals surface area (Å²) in [5.74, 6) is -0.428. The first kappa shape index (κ1) is 13.0. The van der Waals surface area contributed by atoms with Crippen LogP contribution in [-0.2, 0) is 19.1 Å². The maximum atomic E-state index is 11.7. The molecule has 5 heteroatoms. The van der Waals surface area contributed by atoms with E-state index in [1.54, 1.807) is 11.8 Å². The Balaban J connectivity index is 2.51. The number of hydrogen-bond acceptors (Lipinski definition) is 4. The third-order valence-corrected chi connectivity index (χ3v) is 2.56. The van der Waals surface area contributed by atoms with Gasteiger partial charge in [-0.05, 0) is 26.7 Å². The smallest absolute Gasteiger partial charge is 0.328 e. The molecule has 5 nitrogen and oxygen atoms in total. The number of nitrogens with zero attached hydrogens (tertiary/aromatic N) is 1. The number of amides is 1. The van der Waals surface area contributed by atoms with Gasteiger partial charge in [0.25, 0.3) is 0 Å². The molecule has 0 bridgehead atoms. The highest BCUT2D eigenvalue weighted by Gasteiger charge is 2.34. The third-order valence-electron chi connectivity index (χ3n) is 2.56. The van der Waals surface area contributed by atoms with Crippen molar-refractivity contribution in [2.24, 2.45) is 0 Å². The summed E-state index contributed by atoms with van der Waals surface area (Å²) in [6.45, 7) is 5.12. The fourth-order valence-corrected chi connectivity index (χ4v) is 1.82. The van der Waals surface area contributed by atoms with Crippen LogP contribution in [0, 0.1) is 0 Å². The van der Waals surface area contributed by atoms with Gasteiger partial charge in [0.15, 0.2) is 0 Å². The van der Waals surface area contributed by atoms with Crippen molar-refractivity contribution in [1.82, 2.24) is 4.90 Å². The highest BCUT2D eigenvalue weighted by Crippen LogP contribution is 2.18. The normalized spacial score (nSPS) is 19.9. The van der Waals surface area contributed by atoms with Gasteiger partial charge in [-0.3, -0.25) is 4.79 Å². The van der Waals surface area contributed by atoms with Crippen molar-refractivity contribution in [2.45, 2.75) is 32.7 Å². The fourth-order valence-electron chi connectivity index (χ4n) is 1.82. The molecule has 1 unspecified atom stereocenters. The van der Waals surface area contributed by atoms with Gasteiger partial charge in [0.05, 0.1) is 6.61 Å². The molecule has 1 atom stereocenters. The van der Waals surface area contributed by atoms with Crippen LogP contribution in [0.25, 0.3) is 0 Å². The van der Waals surface area contributed by atoms with E-state index in [9.17, 15) is 9.59 Å². The molecule has 92 valence electrons. The van der Waals surface area contributed by atoms with Gasteiger partial charge in [-0.25, -0.2) is 4.79 Å². The molecule has 0 spiro atoms. The Hall–Kier alpha value is -1.10. The van der Waals surface area contributed by atoms with E-state index in [1.165, 1.54) is 0 Å². The topological polar surface area (TPSA) is 55.8 Å². The van der Waals surface area contributed by atoms with Crippen molar-refractivity contribution >= 4 is 11.9 Å². The molecule has 1 aliphatic heterocycles. The van der Waals surface area contributed by atoms with Crippen LogP contribution in [0.5, 0.6) is 0 Å². The van der Waals surface area contributed by atoms with Crippen molar-refractivity contribution < 1.29 is 19.1 Å². The highest BCUT2D eigenvalue weighted by molar-refractivity contribution is 5.85. The molecule has 1 saturated heterocycles. The number of likely N-dealkylation sites (tertiary alicyclic amines) is 1. The molecule has 1 amide bonds. The van der Waals surface area contributed by atoms with Gasteiger partial charge in [0, 0.05) is 13.2 Å². The molecular formula is C11H19NO4. The summed E-state index contributed by atoms with van der Waals surface area (Å²) >= 11 is 0. The molecular weight excluding hydrogens is 210 g/mol. The van der Waals surface area contributed by atoms with E-state index in [1.807, 2.05) is 6.92 Å². The first-order valence-corrected chi connectivity index (χ1v) is 5.74. The van der Waals surface area contributed by atoms with E-state index >= 15 is 0 Å². The minimum Gasteiger partial charge on any atom is -0.464 e. The predicted octanol–water partition coefficient (Wildman–Crippen LogP) is 0.577. The number of ether oxygens (including phenoxy) is 2. The van der Waals surface area contributed by atoms with E-state index in [2.05, 4.69) is 0 Å². The summed E-state index contributed by atoms with van der Waals surface area (Å²) < 4.78 is 9.99. The van der Waals surface area contributed by atoms with Gasteiger partial charge in [-0.2, -0.15) is 0 Å². The molecule has 16 heavy (non-hydrogen) atoms. The number of carbonyl (C=O) groups is 2. The van der Waals surface area contributed by atoms with E-state index < -0.39 is 6.04 Å². The molecule has 0 aliphatic carbocycles. The van der Waals surface area contributed by atoms with E-state index in [0.29, 0.717) is 26.2 Å². The number of esters is 1. The second-order valence-electron chi connectivity index (χ2n) is 3.63. The summed E-state index contributed by atoms with van der Waals surface area (Å²) in [5.41, 5.74) is 0. The Morgan fingerprint density at radius 3 is 2.69 bits per heavy atom. The Labute approximate surface area is 95.7 Å². The van der Waals surface area contributed by atoms with Crippen molar-refractivity contribution in [3.63, 3.8) is 0 Å². The number of hydrogen-bond donors (Lipinski definition) is 0. The van der Waals surface area contributed by atoms with Gasteiger partial charge < -0.3 is 14.4 Å². The van der Waals surface area contributed by atoms with E-state index in [-0.39, 0.29) is 18.5 Å². The lowest BCUT2D eigenvalue weighted by molar-refractivity contribution is -0.154. The summed E-state index contributed by atoms with van der Waals surface area (Å²) in [6.07, 6.45) is 1.54. The van der Waals surface area contributed by atoms with Gasteiger partial charge in [-0.15, -0.1) is 0 Å². The van der Waals surface area contributed by atoms with E-state index in [0.717, 1.165) is 6.42 Å². The van der Waals surface area contributed by atoms with Crippen LogP contribution in [-0.4, -0.2) is 49.2 Å². The van der Waals surface area contributed by atoms with E-state index in [4.69, 9.17) is 9.47 Å². The zero-order valence-electron chi connectivity index (χ0n) is 9.90. The standard InChI is InChI=1S/C11H19NO4/c1-3-15-8-10(13)12-7-5-6-9(12)11(14)16-4-2/h9H,3-8H2,1-2H3. The SMILES string of the molecule is CCOCC(=O)N1CCCC1C(=O)OCC. The molecule has 0 radical (unpaired) electrons. The Kier molecular flexibility index (Phi) is 5.25. The monoisotopic (exact) mass is 229 g/mol. The minimum atomic E-state index is -0.409. The average Bonchev–Trinajstić information content (AvgIpc) is 2.75. The third kappa shape index (κ3) is 3.20. The first-order chi connectivity index (χ1) is 7.70. The second kappa shape index (κ2) is 6.48. The lowest BCUT2D eigenvalue weighted by atomic mass is 10.2. The molecule has 1 heterocycles. The molecule has 0 N–H and O–H groups in total. The fraction of sp³-hybridized carbons (Fsp3) is 0.818. The van der Waals surface area contributed by atoms with Crippen LogP contribution < -0.4 is 0 Å². The molecule has 0 aromatic rings. The quantitative estimate of drug-likeness (QED) is 0.647. The number of rotatable bonds is 5. The lowest BCUT2D eigenvalue weighted by Gasteiger charge is -2.22. The zero-order chi connectivity index (χ0) is 12.0. The molecule has 1 aliphatic rings. The van der Waals surface area contributed by atoms with Crippen LogP contribution >= 0.6 is 0 Å². The number of carbonyl (C=O) groups excluding carboxylic acids is 2. The van der Waals surface area contributed by atoms with Gasteiger partial charge in [0.2, 0.25) is 5.91 Å². The first-order valence-electron chi connectivity index (χ1n) is 5.74. The maximum absolute atomic E-state index is 11.7. The summed E-state index contributed by atoms with van der Waals surface area (Å²) in [4.78, 5) is 24.9. The van der Waals surface area contributed by atoms with Crippen LogP contribution in [0.1, 0.15) is 26.7 Å². The zero-order valence-corrected chi connectivity index (χ0v) is 9.90. The van der Waals surface area contributed by atoms with Crippen LogP contribution in [0.4, 0.5) is 0 Å². The van der Waals surface area contributed by atoms with Crippen molar-refractivity contribution in [1.29, 1.82) is 0 Å². The highest BCUT2D eigenvalue weighted by atomic mass is 16.5. The van der Waals surface area contributed by atoms with Crippen LogP contribution in [0.2, 0.25) is 0 Å². The van der Waals surface area contributed by atoms with Gasteiger partial charge in [-0.1, -0.05) is 0 Å². The molecule has 1 rings (SSSR count). The summed E-state index contributed by atoms with van der Waals surface area (Å²) in [7, 11) is 0. The Morgan fingerprint density at radius 2 is 2.06 bits per heavy atom. The van der Waals surface area contributed by atoms with Crippen LogP contribution in [0.15, 0.2) is 0 Å². The Bertz CT molecular complexity index is 254.